The van der Waals surface area contributed by atoms with E-state index in [1.807, 2.05) is 0 Å². The maximum absolute atomic E-state index is 13.6. The average molecular weight is 317 g/mol. The average Bonchev–Trinajstić information content (AvgIpc) is 2.95. The van der Waals surface area contributed by atoms with E-state index in [1.54, 1.807) is 12.1 Å². The molecule has 7 nitrogen and oxygen atoms in total. The number of allylic oxidation sites excluding steroid dienone is 2. The lowest BCUT2D eigenvalue weighted by Crippen LogP contribution is -2.06. The maximum atomic E-state index is 13.6. The van der Waals surface area contributed by atoms with Gasteiger partial charge >= 0.3 is 0 Å². The number of aromatic nitrogens is 3. The van der Waals surface area contributed by atoms with E-state index in [2.05, 4.69) is 15.2 Å². The molecule has 1 heterocycles. The molecule has 0 saturated carbocycles. The maximum Gasteiger partial charge on any atom is 0.174 e. The highest BCUT2D eigenvalue weighted by Gasteiger charge is 2.15. The second-order valence-electron chi connectivity index (χ2n) is 4.02. The van der Waals surface area contributed by atoms with E-state index in [4.69, 9.17) is 16.3 Å². The van der Waals surface area contributed by atoms with Gasteiger partial charge in [0.15, 0.2) is 23.0 Å². The van der Waals surface area contributed by atoms with E-state index in [1.165, 1.54) is 0 Å². The highest BCUT2D eigenvalue weighted by Crippen LogP contribution is 2.17. The highest BCUT2D eigenvalue weighted by molar-refractivity contribution is 5.77. The number of halogens is 3. The smallest absolute Gasteiger partial charge is 0.174 e. The number of aliphatic imine (C=N–C) groups is 1. The molecule has 0 unspecified atom stereocenters. The largest absolute Gasteiger partial charge is 0.388 e. The summed E-state index contributed by atoms with van der Waals surface area (Å²) in [4.78, 5) is 4.24. The van der Waals surface area contributed by atoms with Gasteiger partial charge in [0.1, 0.15) is 29.3 Å². The Bertz CT molecular complexity index is 876. The summed E-state index contributed by atoms with van der Waals surface area (Å²) in [7, 11) is 0. The van der Waals surface area contributed by atoms with Gasteiger partial charge in [0.05, 0.1) is 12.4 Å². The normalized spacial score (nSPS) is 11.9. The van der Waals surface area contributed by atoms with Crippen LogP contribution in [0, 0.1) is 40.1 Å². The van der Waals surface area contributed by atoms with Crippen LogP contribution in [0.1, 0.15) is 5.69 Å². The molecular formula is C13H6F3N7. The van der Waals surface area contributed by atoms with Gasteiger partial charge in [0.25, 0.3) is 0 Å². The molecule has 10 heteroatoms. The number of benzene rings is 1. The molecular weight excluding hydrogens is 311 g/mol. The molecule has 0 radical (unpaired) electrons. The van der Waals surface area contributed by atoms with Crippen LogP contribution in [0.15, 0.2) is 34.7 Å². The molecule has 23 heavy (non-hydrogen) atoms. The van der Waals surface area contributed by atoms with Crippen molar-refractivity contribution in [2.45, 2.75) is 0 Å². The molecule has 2 rings (SSSR count). The third-order valence-corrected chi connectivity index (χ3v) is 2.50. The number of nitrogens with zero attached hydrogens (tertiary/aromatic N) is 6. The Morgan fingerprint density at radius 3 is 2.43 bits per heavy atom. The molecule has 2 aromatic rings. The van der Waals surface area contributed by atoms with Gasteiger partial charge in [-0.2, -0.15) is 15.6 Å². The summed E-state index contributed by atoms with van der Waals surface area (Å²) in [6.45, 7) is 0. The number of hydrogen-bond acceptors (Lipinski definition) is 6. The summed E-state index contributed by atoms with van der Waals surface area (Å²) in [5.41, 5.74) is 3.87. The molecule has 0 atom stereocenters. The zero-order chi connectivity index (χ0) is 17.0. The van der Waals surface area contributed by atoms with Gasteiger partial charge in [-0.25, -0.2) is 18.2 Å². The second-order valence-corrected chi connectivity index (χ2v) is 4.02. The Morgan fingerprint density at radius 1 is 1.22 bits per heavy atom. The fourth-order valence-corrected chi connectivity index (χ4v) is 1.51. The Kier molecular flexibility index (Phi) is 4.38. The van der Waals surface area contributed by atoms with Crippen molar-refractivity contribution in [2.24, 2.45) is 10.7 Å². The Hall–Kier alpha value is -3.66. The minimum Gasteiger partial charge on any atom is -0.388 e. The lowest BCUT2D eigenvalue weighted by atomic mass is 10.3. The van der Waals surface area contributed by atoms with Gasteiger partial charge in [0.2, 0.25) is 0 Å². The second kappa shape index (κ2) is 6.41. The third-order valence-electron chi connectivity index (χ3n) is 2.50. The first kappa shape index (κ1) is 15.7. The molecule has 0 saturated heterocycles. The van der Waals surface area contributed by atoms with Crippen molar-refractivity contribution in [2.75, 3.05) is 0 Å². The molecule has 2 N–H and O–H groups in total. The van der Waals surface area contributed by atoms with Gasteiger partial charge in [-0.15, -0.1) is 9.90 Å². The van der Waals surface area contributed by atoms with Crippen LogP contribution in [0.2, 0.25) is 0 Å². The molecule has 0 aliphatic rings. The summed E-state index contributed by atoms with van der Waals surface area (Å²) in [5.74, 6) is -3.45. The van der Waals surface area contributed by atoms with E-state index < -0.39 is 28.8 Å². The van der Waals surface area contributed by atoms with Crippen LogP contribution < -0.4 is 5.73 Å². The zero-order valence-electron chi connectivity index (χ0n) is 11.2. The molecule has 0 aliphatic carbocycles. The van der Waals surface area contributed by atoms with Crippen LogP contribution in [0.25, 0.3) is 5.69 Å². The SMILES string of the molecule is N#CC(N)=C(C#N)N=Cc1cnn(-c2c(F)cc(F)cc2F)n1. The highest BCUT2D eigenvalue weighted by atomic mass is 19.1. The zero-order valence-corrected chi connectivity index (χ0v) is 11.2. The first-order chi connectivity index (χ1) is 11.0. The van der Waals surface area contributed by atoms with E-state index in [0.717, 1.165) is 12.4 Å². The van der Waals surface area contributed by atoms with E-state index in [-0.39, 0.29) is 11.4 Å². The number of rotatable bonds is 3. The van der Waals surface area contributed by atoms with Gasteiger partial charge in [-0.1, -0.05) is 0 Å². The van der Waals surface area contributed by atoms with Gasteiger partial charge < -0.3 is 5.73 Å². The van der Waals surface area contributed by atoms with Crippen LogP contribution in [0.3, 0.4) is 0 Å². The quantitative estimate of drug-likeness (QED) is 0.677. The Balaban J connectivity index is 2.37. The van der Waals surface area contributed by atoms with Crippen molar-refractivity contribution in [1.29, 1.82) is 10.5 Å². The predicted octanol–water partition coefficient (Wildman–Crippen LogP) is 1.32. The van der Waals surface area contributed by atoms with E-state index in [9.17, 15) is 13.2 Å². The summed E-state index contributed by atoms with van der Waals surface area (Å²) in [6, 6.07) is 4.12. The van der Waals surface area contributed by atoms with Crippen molar-refractivity contribution in [3.05, 3.63) is 52.9 Å². The van der Waals surface area contributed by atoms with Crippen LogP contribution in [0.5, 0.6) is 0 Å². The molecule has 0 fully saturated rings. The van der Waals surface area contributed by atoms with Gasteiger partial charge in [-0.05, 0) is 0 Å². The molecule has 0 amide bonds. The van der Waals surface area contributed by atoms with Crippen molar-refractivity contribution >= 4 is 6.21 Å². The van der Waals surface area contributed by atoms with Crippen LogP contribution >= 0.6 is 0 Å². The fraction of sp³-hybridized carbons (Fsp3) is 0. The van der Waals surface area contributed by atoms with Crippen LogP contribution in [0.4, 0.5) is 13.2 Å². The van der Waals surface area contributed by atoms with Crippen molar-refractivity contribution in [3.8, 4) is 17.8 Å². The summed E-state index contributed by atoms with van der Waals surface area (Å²) in [5, 5.41) is 24.7. The molecule has 0 bridgehead atoms. The summed E-state index contributed by atoms with van der Waals surface area (Å²) in [6.07, 6.45) is 2.13. The molecule has 0 aliphatic heterocycles. The molecule has 1 aromatic heterocycles. The molecule has 1 aromatic carbocycles. The summed E-state index contributed by atoms with van der Waals surface area (Å²) < 4.78 is 40.1. The molecule has 114 valence electrons. The Morgan fingerprint density at radius 2 is 1.87 bits per heavy atom. The minimum atomic E-state index is -1.19. The topological polar surface area (TPSA) is 117 Å². The standard InChI is InChI=1S/C13H6F3N7/c14-7-1-9(15)13(10(16)2-7)23-21-6-8(22-23)5-20-12(4-18)11(19)3-17/h1-2,5-6H,19H2. The lowest BCUT2D eigenvalue weighted by Gasteiger charge is -2.02. The Labute approximate surface area is 127 Å². The first-order valence-corrected chi connectivity index (χ1v) is 5.87. The van der Waals surface area contributed by atoms with Crippen molar-refractivity contribution in [1.82, 2.24) is 15.0 Å². The third kappa shape index (κ3) is 3.33. The number of hydrogen-bond donors (Lipinski definition) is 1. The monoisotopic (exact) mass is 317 g/mol. The lowest BCUT2D eigenvalue weighted by molar-refractivity contribution is 0.518. The summed E-state index contributed by atoms with van der Waals surface area (Å²) >= 11 is 0. The number of nitriles is 2. The van der Waals surface area contributed by atoms with Gasteiger partial charge in [0, 0.05) is 12.1 Å². The van der Waals surface area contributed by atoms with Crippen molar-refractivity contribution < 1.29 is 13.2 Å². The van der Waals surface area contributed by atoms with E-state index in [0.29, 0.717) is 16.9 Å². The van der Waals surface area contributed by atoms with Crippen LogP contribution in [-0.2, 0) is 0 Å². The van der Waals surface area contributed by atoms with Crippen LogP contribution in [-0.4, -0.2) is 21.2 Å². The minimum absolute atomic E-state index is 0.0339. The number of nitrogens with two attached hydrogens (primary N) is 1. The predicted molar refractivity (Wildman–Crippen MR) is 71.3 cm³/mol. The first-order valence-electron chi connectivity index (χ1n) is 5.87. The fourth-order valence-electron chi connectivity index (χ4n) is 1.51. The molecule has 0 spiro atoms. The van der Waals surface area contributed by atoms with Crippen molar-refractivity contribution in [3.63, 3.8) is 0 Å². The van der Waals surface area contributed by atoms with E-state index >= 15 is 0 Å². The van der Waals surface area contributed by atoms with Gasteiger partial charge in [-0.3, -0.25) is 0 Å².